The third-order valence-corrected chi connectivity index (χ3v) is 3.83. The van der Waals surface area contributed by atoms with Crippen molar-refractivity contribution in [2.75, 3.05) is 12.3 Å². The van der Waals surface area contributed by atoms with E-state index in [1.807, 2.05) is 4.57 Å². The van der Waals surface area contributed by atoms with Crippen molar-refractivity contribution in [1.82, 2.24) is 19.5 Å². The fourth-order valence-electron chi connectivity index (χ4n) is 2.57. The number of carbonyl (C=O) groups is 1. The summed E-state index contributed by atoms with van der Waals surface area (Å²) in [6.45, 7) is 0.735. The number of hydrogen-bond donors (Lipinski definition) is 1. The number of rotatable bonds is 3. The number of ether oxygens (including phenoxy) is 1. The first-order chi connectivity index (χ1) is 9.74. The average molecular weight is 273 g/mol. The monoisotopic (exact) mass is 273 g/mol. The van der Waals surface area contributed by atoms with E-state index >= 15 is 0 Å². The molecule has 0 bridgehead atoms. The number of carbonyl (C=O) groups excluding carboxylic acids is 1. The second-order valence-corrected chi connectivity index (χ2v) is 5.36. The van der Waals surface area contributed by atoms with Crippen LogP contribution in [0.15, 0.2) is 6.33 Å². The molecule has 2 N–H and O–H groups in total. The van der Waals surface area contributed by atoms with Gasteiger partial charge in [-0.15, -0.1) is 0 Å². The second-order valence-electron chi connectivity index (χ2n) is 5.36. The number of hydrogen-bond acceptors (Lipinski definition) is 6. The molecule has 4 rings (SSSR count). The lowest BCUT2D eigenvalue weighted by Gasteiger charge is -2.11. The molecule has 3 heterocycles. The summed E-state index contributed by atoms with van der Waals surface area (Å²) in [7, 11) is 0. The zero-order valence-corrected chi connectivity index (χ0v) is 11.0. The molecular formula is C13H15N5O2. The predicted octanol–water partition coefficient (Wildman–Crippen LogP) is 1.31. The van der Waals surface area contributed by atoms with E-state index in [4.69, 9.17) is 10.5 Å². The molecule has 0 aromatic carbocycles. The maximum atomic E-state index is 12.1. The molecule has 0 radical (unpaired) electrons. The SMILES string of the molecule is Nc1nc(C(=O)C2CC2)nc2c1ncn2C1CCCO1. The molecule has 0 amide bonds. The van der Waals surface area contributed by atoms with Crippen LogP contribution < -0.4 is 5.73 Å². The van der Waals surface area contributed by atoms with Crippen molar-refractivity contribution in [1.29, 1.82) is 0 Å². The average Bonchev–Trinajstić information content (AvgIpc) is 2.98. The van der Waals surface area contributed by atoms with Crippen molar-refractivity contribution in [3.05, 3.63) is 12.2 Å². The molecule has 7 heteroatoms. The molecule has 1 aliphatic heterocycles. The molecule has 7 nitrogen and oxygen atoms in total. The third-order valence-electron chi connectivity index (χ3n) is 3.83. The molecule has 2 aliphatic rings. The summed E-state index contributed by atoms with van der Waals surface area (Å²) < 4.78 is 7.49. The molecular weight excluding hydrogens is 258 g/mol. The fraction of sp³-hybridized carbons (Fsp3) is 0.538. The number of anilines is 1. The number of nitrogens with two attached hydrogens (primary N) is 1. The summed E-state index contributed by atoms with van der Waals surface area (Å²) in [5.41, 5.74) is 7.03. The van der Waals surface area contributed by atoms with Gasteiger partial charge in [-0.25, -0.2) is 15.0 Å². The van der Waals surface area contributed by atoms with E-state index in [0.29, 0.717) is 11.2 Å². The van der Waals surface area contributed by atoms with Crippen LogP contribution in [0.4, 0.5) is 5.82 Å². The van der Waals surface area contributed by atoms with Crippen LogP contribution in [0.3, 0.4) is 0 Å². The lowest BCUT2D eigenvalue weighted by atomic mass is 10.2. The largest absolute Gasteiger partial charge is 0.382 e. The van der Waals surface area contributed by atoms with Gasteiger partial charge in [-0.3, -0.25) is 9.36 Å². The third kappa shape index (κ3) is 1.77. The van der Waals surface area contributed by atoms with Gasteiger partial charge in [0.05, 0.1) is 6.33 Å². The Labute approximate surface area is 115 Å². The Morgan fingerprint density at radius 2 is 2.20 bits per heavy atom. The normalized spacial score (nSPS) is 22.5. The van der Waals surface area contributed by atoms with Crippen LogP contribution in [0.25, 0.3) is 11.2 Å². The highest BCUT2D eigenvalue weighted by molar-refractivity contribution is 5.98. The molecule has 20 heavy (non-hydrogen) atoms. The van der Waals surface area contributed by atoms with Gasteiger partial charge in [-0.2, -0.15) is 0 Å². The molecule has 104 valence electrons. The van der Waals surface area contributed by atoms with Crippen LogP contribution in [0.5, 0.6) is 0 Å². The van der Waals surface area contributed by atoms with E-state index in [2.05, 4.69) is 15.0 Å². The first kappa shape index (κ1) is 11.8. The van der Waals surface area contributed by atoms with E-state index in [1.165, 1.54) is 0 Å². The van der Waals surface area contributed by atoms with Crippen LogP contribution in [-0.4, -0.2) is 31.9 Å². The number of imidazole rings is 1. The summed E-state index contributed by atoms with van der Waals surface area (Å²) >= 11 is 0. The Morgan fingerprint density at radius 1 is 1.35 bits per heavy atom. The maximum Gasteiger partial charge on any atom is 0.203 e. The Balaban J connectivity index is 1.83. The van der Waals surface area contributed by atoms with Crippen LogP contribution in [0, 0.1) is 5.92 Å². The molecule has 1 unspecified atom stereocenters. The van der Waals surface area contributed by atoms with Gasteiger partial charge in [0.1, 0.15) is 11.7 Å². The van der Waals surface area contributed by atoms with Gasteiger partial charge in [-0.1, -0.05) is 0 Å². The Kier molecular flexibility index (Phi) is 2.50. The molecule has 1 atom stereocenters. The van der Waals surface area contributed by atoms with Crippen molar-refractivity contribution in [3.8, 4) is 0 Å². The molecule has 0 spiro atoms. The minimum atomic E-state index is -0.0711. The molecule has 1 saturated heterocycles. The van der Waals surface area contributed by atoms with Crippen LogP contribution >= 0.6 is 0 Å². The quantitative estimate of drug-likeness (QED) is 0.847. The minimum Gasteiger partial charge on any atom is -0.382 e. The van der Waals surface area contributed by atoms with Gasteiger partial charge in [0.2, 0.25) is 5.78 Å². The van der Waals surface area contributed by atoms with E-state index in [9.17, 15) is 4.79 Å². The van der Waals surface area contributed by atoms with Gasteiger partial charge in [0, 0.05) is 12.5 Å². The summed E-state index contributed by atoms with van der Waals surface area (Å²) in [4.78, 5) is 24.8. The van der Waals surface area contributed by atoms with Gasteiger partial charge >= 0.3 is 0 Å². The zero-order valence-electron chi connectivity index (χ0n) is 11.0. The number of nitrogen functional groups attached to an aromatic ring is 1. The number of Topliss-reactive ketones (excluding diaryl/α,β-unsaturated/α-hetero) is 1. The van der Waals surface area contributed by atoms with Gasteiger partial charge in [0.15, 0.2) is 17.3 Å². The number of ketones is 1. The molecule has 1 saturated carbocycles. The molecule has 2 aromatic rings. The summed E-state index contributed by atoms with van der Waals surface area (Å²) in [5, 5.41) is 0. The Morgan fingerprint density at radius 3 is 2.90 bits per heavy atom. The highest BCUT2D eigenvalue weighted by Crippen LogP contribution is 2.33. The molecule has 2 fully saturated rings. The Bertz CT molecular complexity index is 685. The lowest BCUT2D eigenvalue weighted by molar-refractivity contribution is 0.0592. The molecule has 2 aromatic heterocycles. The van der Waals surface area contributed by atoms with Crippen molar-refractivity contribution < 1.29 is 9.53 Å². The highest BCUT2D eigenvalue weighted by Gasteiger charge is 2.33. The predicted molar refractivity (Wildman–Crippen MR) is 71.0 cm³/mol. The van der Waals surface area contributed by atoms with Gasteiger partial charge in [-0.05, 0) is 25.7 Å². The zero-order chi connectivity index (χ0) is 13.7. The Hall–Kier alpha value is -2.02. The van der Waals surface area contributed by atoms with Crippen molar-refractivity contribution in [2.24, 2.45) is 5.92 Å². The van der Waals surface area contributed by atoms with E-state index in [-0.39, 0.29) is 29.6 Å². The summed E-state index contributed by atoms with van der Waals surface area (Å²) in [6.07, 6.45) is 5.37. The summed E-state index contributed by atoms with van der Waals surface area (Å²) in [5.74, 6) is 0.526. The first-order valence-electron chi connectivity index (χ1n) is 6.90. The highest BCUT2D eigenvalue weighted by atomic mass is 16.5. The van der Waals surface area contributed by atoms with E-state index in [1.54, 1.807) is 6.33 Å². The minimum absolute atomic E-state index is 0.0151. The molecule has 1 aliphatic carbocycles. The van der Waals surface area contributed by atoms with Crippen LogP contribution in [0.1, 0.15) is 42.5 Å². The fourth-order valence-corrected chi connectivity index (χ4v) is 2.57. The summed E-state index contributed by atoms with van der Waals surface area (Å²) in [6, 6.07) is 0. The van der Waals surface area contributed by atoms with E-state index < -0.39 is 0 Å². The smallest absolute Gasteiger partial charge is 0.203 e. The maximum absolute atomic E-state index is 12.1. The first-order valence-corrected chi connectivity index (χ1v) is 6.90. The van der Waals surface area contributed by atoms with Crippen LogP contribution in [0.2, 0.25) is 0 Å². The van der Waals surface area contributed by atoms with Crippen LogP contribution in [-0.2, 0) is 4.74 Å². The number of aromatic nitrogens is 4. The van der Waals surface area contributed by atoms with Crippen molar-refractivity contribution >= 4 is 22.8 Å². The van der Waals surface area contributed by atoms with Crippen molar-refractivity contribution in [2.45, 2.75) is 31.9 Å². The number of fused-ring (bicyclic) bond motifs is 1. The van der Waals surface area contributed by atoms with Crippen molar-refractivity contribution in [3.63, 3.8) is 0 Å². The standard InChI is InChI=1S/C13H15N5O2/c14-11-9-13(17-12(16-11)10(19)7-3-4-7)18(6-15-9)8-2-1-5-20-8/h6-8H,1-5H2,(H2,14,16,17). The van der Waals surface area contributed by atoms with Gasteiger partial charge < -0.3 is 10.5 Å². The van der Waals surface area contributed by atoms with E-state index in [0.717, 1.165) is 32.3 Å². The topological polar surface area (TPSA) is 95.9 Å². The van der Waals surface area contributed by atoms with Gasteiger partial charge in [0.25, 0.3) is 0 Å². The number of nitrogens with zero attached hydrogens (tertiary/aromatic N) is 4. The lowest BCUT2D eigenvalue weighted by Crippen LogP contribution is -2.12. The second kappa shape index (κ2) is 4.24.